The van der Waals surface area contributed by atoms with E-state index in [1.807, 2.05) is 20.8 Å². The smallest absolute Gasteiger partial charge is 0.243 e. The Hall–Kier alpha value is -1.44. The van der Waals surface area contributed by atoms with Gasteiger partial charge in [-0.3, -0.25) is 10.2 Å². The van der Waals surface area contributed by atoms with E-state index in [4.69, 9.17) is 0 Å². The molecule has 0 atom stereocenters. The van der Waals surface area contributed by atoms with E-state index in [1.54, 1.807) is 30.3 Å². The molecular weight excluding hydrogens is 314 g/mol. The Balaban J connectivity index is 1.92. The van der Waals surface area contributed by atoms with Crippen molar-refractivity contribution in [2.24, 2.45) is 5.92 Å². The van der Waals surface area contributed by atoms with Crippen LogP contribution < -0.4 is 10.9 Å². The number of nitrogens with one attached hydrogen (secondary N) is 2. The van der Waals surface area contributed by atoms with Crippen molar-refractivity contribution >= 4 is 15.9 Å². The summed E-state index contributed by atoms with van der Waals surface area (Å²) in [6.45, 7) is 6.61. The number of carbonyl (C=O) groups excluding carboxylic acids is 1. The van der Waals surface area contributed by atoms with Gasteiger partial charge in [0.1, 0.15) is 0 Å². The first-order valence-electron chi connectivity index (χ1n) is 7.82. The summed E-state index contributed by atoms with van der Waals surface area (Å²) in [7, 11) is -3.46. The molecule has 0 aromatic heterocycles. The summed E-state index contributed by atoms with van der Waals surface area (Å²) in [5.41, 5.74) is 5.47. The number of benzene rings is 1. The molecule has 0 aliphatic carbocycles. The molecule has 1 amide bonds. The average Bonchev–Trinajstić information content (AvgIpc) is 2.53. The van der Waals surface area contributed by atoms with Gasteiger partial charge in [-0.25, -0.2) is 13.8 Å². The van der Waals surface area contributed by atoms with Crippen LogP contribution in [0.2, 0.25) is 0 Å². The standard InChI is InChI=1S/C16H25N3O3S/c1-16(2,3)18-17-15(20)13-9-11-19(12-10-13)23(21,22)14-7-5-4-6-8-14/h4-8,13,18H,9-12H2,1-3H3,(H,17,20). The van der Waals surface area contributed by atoms with Crippen molar-refractivity contribution in [3.05, 3.63) is 30.3 Å². The second-order valence-corrected chi connectivity index (χ2v) is 8.79. The van der Waals surface area contributed by atoms with Crippen molar-refractivity contribution in [3.8, 4) is 0 Å². The maximum atomic E-state index is 12.5. The second kappa shape index (κ2) is 6.98. The van der Waals surface area contributed by atoms with E-state index in [0.29, 0.717) is 30.8 Å². The third kappa shape index (κ3) is 4.76. The fraction of sp³-hybridized carbons (Fsp3) is 0.562. The third-order valence-corrected chi connectivity index (χ3v) is 5.68. The van der Waals surface area contributed by atoms with E-state index >= 15 is 0 Å². The van der Waals surface area contributed by atoms with E-state index in [-0.39, 0.29) is 17.4 Å². The molecule has 1 saturated heterocycles. The number of hydrogen-bond donors (Lipinski definition) is 2. The third-order valence-electron chi connectivity index (χ3n) is 3.77. The maximum Gasteiger partial charge on any atom is 0.243 e. The molecule has 1 fully saturated rings. The Labute approximate surface area is 138 Å². The zero-order valence-corrected chi connectivity index (χ0v) is 14.7. The Morgan fingerprint density at radius 3 is 2.22 bits per heavy atom. The van der Waals surface area contributed by atoms with Gasteiger partial charge in [0.05, 0.1) is 4.90 Å². The molecule has 7 heteroatoms. The summed E-state index contributed by atoms with van der Waals surface area (Å²) in [6, 6.07) is 8.41. The van der Waals surface area contributed by atoms with E-state index in [2.05, 4.69) is 10.9 Å². The number of carbonyl (C=O) groups is 1. The number of hydrogen-bond acceptors (Lipinski definition) is 4. The van der Waals surface area contributed by atoms with Crippen LogP contribution in [0.5, 0.6) is 0 Å². The first-order valence-corrected chi connectivity index (χ1v) is 9.26. The van der Waals surface area contributed by atoms with Gasteiger partial charge in [-0.05, 0) is 45.7 Å². The van der Waals surface area contributed by atoms with E-state index in [9.17, 15) is 13.2 Å². The predicted molar refractivity (Wildman–Crippen MR) is 89.0 cm³/mol. The topological polar surface area (TPSA) is 78.5 Å². The maximum absolute atomic E-state index is 12.5. The van der Waals surface area contributed by atoms with Gasteiger partial charge in [-0.1, -0.05) is 18.2 Å². The number of piperidine rings is 1. The minimum Gasteiger partial charge on any atom is -0.291 e. The fourth-order valence-electron chi connectivity index (χ4n) is 2.45. The van der Waals surface area contributed by atoms with Crippen molar-refractivity contribution in [1.82, 2.24) is 15.2 Å². The molecule has 1 aromatic carbocycles. The molecule has 128 valence electrons. The predicted octanol–water partition coefficient (Wildman–Crippen LogP) is 1.51. The van der Waals surface area contributed by atoms with Gasteiger partial charge in [-0.2, -0.15) is 4.31 Å². The number of sulfonamides is 1. The fourth-order valence-corrected chi connectivity index (χ4v) is 3.94. The van der Waals surface area contributed by atoms with Gasteiger partial charge in [-0.15, -0.1) is 0 Å². The summed E-state index contributed by atoms with van der Waals surface area (Å²) < 4.78 is 26.5. The highest BCUT2D eigenvalue weighted by Crippen LogP contribution is 2.23. The molecule has 0 unspecified atom stereocenters. The van der Waals surface area contributed by atoms with E-state index in [0.717, 1.165) is 0 Å². The summed E-state index contributed by atoms with van der Waals surface area (Å²) >= 11 is 0. The van der Waals surface area contributed by atoms with Gasteiger partial charge >= 0.3 is 0 Å². The summed E-state index contributed by atoms with van der Waals surface area (Å²) in [4.78, 5) is 12.4. The largest absolute Gasteiger partial charge is 0.291 e. The molecule has 2 rings (SSSR count). The number of hydrazine groups is 1. The quantitative estimate of drug-likeness (QED) is 0.815. The van der Waals surface area contributed by atoms with Crippen molar-refractivity contribution < 1.29 is 13.2 Å². The van der Waals surface area contributed by atoms with Crippen molar-refractivity contribution in [1.29, 1.82) is 0 Å². The normalized spacial score (nSPS) is 17.9. The molecule has 0 saturated carbocycles. The van der Waals surface area contributed by atoms with Crippen LogP contribution >= 0.6 is 0 Å². The minimum atomic E-state index is -3.46. The second-order valence-electron chi connectivity index (χ2n) is 6.86. The highest BCUT2D eigenvalue weighted by molar-refractivity contribution is 7.89. The molecule has 1 aliphatic heterocycles. The first kappa shape index (κ1) is 17.9. The molecule has 1 heterocycles. The molecule has 0 radical (unpaired) electrons. The van der Waals surface area contributed by atoms with Crippen LogP contribution in [0.4, 0.5) is 0 Å². The number of nitrogens with zero attached hydrogens (tertiary/aromatic N) is 1. The zero-order valence-electron chi connectivity index (χ0n) is 13.9. The molecule has 1 aliphatic rings. The summed E-state index contributed by atoms with van der Waals surface area (Å²) in [6.07, 6.45) is 1.06. The number of rotatable bonds is 4. The van der Waals surface area contributed by atoms with Gasteiger partial charge in [0.2, 0.25) is 15.9 Å². The van der Waals surface area contributed by atoms with Crippen LogP contribution in [0.1, 0.15) is 33.6 Å². The molecule has 23 heavy (non-hydrogen) atoms. The lowest BCUT2D eigenvalue weighted by Crippen LogP contribution is -2.52. The van der Waals surface area contributed by atoms with Gasteiger partial charge in [0.25, 0.3) is 0 Å². The molecule has 6 nitrogen and oxygen atoms in total. The average molecular weight is 339 g/mol. The highest BCUT2D eigenvalue weighted by Gasteiger charge is 2.32. The molecule has 0 spiro atoms. The summed E-state index contributed by atoms with van der Waals surface area (Å²) in [5, 5.41) is 0. The Morgan fingerprint density at radius 1 is 1.13 bits per heavy atom. The van der Waals surface area contributed by atoms with Crippen LogP contribution in [-0.2, 0) is 14.8 Å². The lowest BCUT2D eigenvalue weighted by Gasteiger charge is -2.31. The van der Waals surface area contributed by atoms with Crippen LogP contribution in [0.25, 0.3) is 0 Å². The lowest BCUT2D eigenvalue weighted by atomic mass is 9.97. The monoisotopic (exact) mass is 339 g/mol. The lowest BCUT2D eigenvalue weighted by molar-refractivity contribution is -0.127. The summed E-state index contributed by atoms with van der Waals surface area (Å²) in [5.74, 6) is -0.233. The van der Waals surface area contributed by atoms with E-state index in [1.165, 1.54) is 4.31 Å². The Kier molecular flexibility index (Phi) is 5.44. The van der Waals surface area contributed by atoms with Crippen LogP contribution in [-0.4, -0.2) is 37.3 Å². The number of amides is 1. The van der Waals surface area contributed by atoms with Crippen LogP contribution in [0, 0.1) is 5.92 Å². The molecular formula is C16H25N3O3S. The highest BCUT2D eigenvalue weighted by atomic mass is 32.2. The zero-order chi connectivity index (χ0) is 17.1. The molecule has 2 N–H and O–H groups in total. The minimum absolute atomic E-state index is 0.0725. The van der Waals surface area contributed by atoms with Crippen molar-refractivity contribution in [3.63, 3.8) is 0 Å². The van der Waals surface area contributed by atoms with Crippen molar-refractivity contribution in [2.75, 3.05) is 13.1 Å². The van der Waals surface area contributed by atoms with Gasteiger partial charge in [0.15, 0.2) is 0 Å². The Bertz CT molecular complexity index is 630. The van der Waals surface area contributed by atoms with Crippen molar-refractivity contribution in [2.45, 2.75) is 44.0 Å². The van der Waals surface area contributed by atoms with Gasteiger partial charge in [0, 0.05) is 24.5 Å². The van der Waals surface area contributed by atoms with E-state index < -0.39 is 10.0 Å². The first-order chi connectivity index (χ1) is 10.7. The van der Waals surface area contributed by atoms with Gasteiger partial charge < -0.3 is 0 Å². The molecule has 1 aromatic rings. The Morgan fingerprint density at radius 2 is 1.70 bits per heavy atom. The van der Waals surface area contributed by atoms with Crippen LogP contribution in [0.15, 0.2) is 35.2 Å². The molecule has 0 bridgehead atoms. The SMILES string of the molecule is CC(C)(C)NNC(=O)C1CCN(S(=O)(=O)c2ccccc2)CC1. The van der Waals surface area contributed by atoms with Crippen LogP contribution in [0.3, 0.4) is 0 Å².